The van der Waals surface area contributed by atoms with Crippen LogP contribution in [0, 0.1) is 11.3 Å². The molecule has 0 aliphatic carbocycles. The molecular formula is C17H11N3O. The van der Waals surface area contributed by atoms with E-state index in [0.717, 1.165) is 16.6 Å². The van der Waals surface area contributed by atoms with E-state index >= 15 is 0 Å². The van der Waals surface area contributed by atoms with Gasteiger partial charge in [0.1, 0.15) is 5.69 Å². The number of H-pyrrole nitrogens is 1. The van der Waals surface area contributed by atoms with Gasteiger partial charge in [0.25, 0.3) is 5.56 Å². The Bertz CT molecular complexity index is 915. The number of rotatable bonds is 2. The number of aromatic nitrogens is 2. The molecule has 21 heavy (non-hydrogen) atoms. The molecule has 0 aliphatic rings. The second-order valence-corrected chi connectivity index (χ2v) is 4.54. The summed E-state index contributed by atoms with van der Waals surface area (Å²) in [6.45, 7) is 0. The lowest BCUT2D eigenvalue weighted by Gasteiger charge is -1.98. The molecule has 0 fully saturated rings. The Hall–Kier alpha value is -3.19. The van der Waals surface area contributed by atoms with Crippen molar-refractivity contribution in [2.45, 2.75) is 0 Å². The highest BCUT2D eigenvalue weighted by atomic mass is 16.1. The molecule has 0 bridgehead atoms. The summed E-state index contributed by atoms with van der Waals surface area (Å²) in [6, 6.07) is 16.6. The Morgan fingerprint density at radius 1 is 1.05 bits per heavy atom. The highest BCUT2D eigenvalue weighted by molar-refractivity contribution is 5.76. The topological polar surface area (TPSA) is 69.5 Å². The third-order valence-electron chi connectivity index (χ3n) is 3.10. The first-order valence-electron chi connectivity index (χ1n) is 6.43. The minimum absolute atomic E-state index is 0.224. The minimum Gasteiger partial charge on any atom is -0.319 e. The van der Waals surface area contributed by atoms with Crippen molar-refractivity contribution in [2.75, 3.05) is 0 Å². The lowest BCUT2D eigenvalue weighted by atomic mass is 10.1. The second kappa shape index (κ2) is 5.43. The minimum atomic E-state index is -0.224. The third-order valence-corrected chi connectivity index (χ3v) is 3.10. The van der Waals surface area contributed by atoms with Gasteiger partial charge in [0.2, 0.25) is 0 Å². The molecule has 100 valence electrons. The van der Waals surface area contributed by atoms with Gasteiger partial charge < -0.3 is 4.98 Å². The highest BCUT2D eigenvalue weighted by Crippen LogP contribution is 2.09. The maximum absolute atomic E-state index is 11.9. The predicted octanol–water partition coefficient (Wildman–Crippen LogP) is 2.97. The van der Waals surface area contributed by atoms with Crippen LogP contribution in [0.15, 0.2) is 53.3 Å². The normalized spacial score (nSPS) is 10.8. The number of nitrogens with one attached hydrogen (secondary N) is 1. The zero-order valence-electron chi connectivity index (χ0n) is 11.1. The fourth-order valence-corrected chi connectivity index (χ4v) is 2.00. The predicted molar refractivity (Wildman–Crippen MR) is 82.4 cm³/mol. The molecule has 3 aromatic rings. The van der Waals surface area contributed by atoms with Crippen molar-refractivity contribution in [3.05, 3.63) is 75.7 Å². The van der Waals surface area contributed by atoms with E-state index in [2.05, 4.69) is 16.0 Å². The fraction of sp³-hybridized carbons (Fsp3) is 0. The highest BCUT2D eigenvalue weighted by Gasteiger charge is 2.00. The van der Waals surface area contributed by atoms with Gasteiger partial charge in [-0.1, -0.05) is 30.3 Å². The first-order valence-corrected chi connectivity index (χ1v) is 6.43. The Morgan fingerprint density at radius 2 is 1.81 bits per heavy atom. The van der Waals surface area contributed by atoms with Gasteiger partial charge in [-0.2, -0.15) is 5.26 Å². The summed E-state index contributed by atoms with van der Waals surface area (Å²) in [4.78, 5) is 19.1. The molecule has 4 nitrogen and oxygen atoms in total. The zero-order chi connectivity index (χ0) is 14.7. The van der Waals surface area contributed by atoms with Crippen LogP contribution in [0.4, 0.5) is 0 Å². The van der Waals surface area contributed by atoms with Gasteiger partial charge >= 0.3 is 0 Å². The third kappa shape index (κ3) is 2.72. The van der Waals surface area contributed by atoms with Gasteiger partial charge in [-0.25, -0.2) is 4.98 Å². The molecular weight excluding hydrogens is 262 g/mol. The molecule has 2 aromatic carbocycles. The Labute approximate surface area is 121 Å². The first-order chi connectivity index (χ1) is 10.3. The molecule has 0 spiro atoms. The number of nitrogens with zero attached hydrogens (tertiary/aromatic N) is 2. The number of nitriles is 1. The lowest BCUT2D eigenvalue weighted by Crippen LogP contribution is -2.11. The van der Waals surface area contributed by atoms with E-state index in [1.807, 2.05) is 36.4 Å². The van der Waals surface area contributed by atoms with Crippen molar-refractivity contribution in [3.8, 4) is 6.07 Å². The summed E-state index contributed by atoms with van der Waals surface area (Å²) >= 11 is 0. The summed E-state index contributed by atoms with van der Waals surface area (Å²) in [5.41, 5.74) is 3.11. The van der Waals surface area contributed by atoms with Crippen LogP contribution in [0.3, 0.4) is 0 Å². The van der Waals surface area contributed by atoms with E-state index in [4.69, 9.17) is 5.26 Å². The molecule has 1 aromatic heterocycles. The van der Waals surface area contributed by atoms with Crippen molar-refractivity contribution in [1.29, 1.82) is 5.26 Å². The van der Waals surface area contributed by atoms with Crippen molar-refractivity contribution < 1.29 is 0 Å². The Morgan fingerprint density at radius 3 is 2.57 bits per heavy atom. The van der Waals surface area contributed by atoms with Crippen LogP contribution in [0.2, 0.25) is 0 Å². The van der Waals surface area contributed by atoms with Gasteiger partial charge in [0, 0.05) is 0 Å². The molecule has 0 aliphatic heterocycles. The average Bonchev–Trinajstić information content (AvgIpc) is 2.53. The average molecular weight is 273 g/mol. The molecule has 0 saturated heterocycles. The van der Waals surface area contributed by atoms with E-state index in [-0.39, 0.29) is 5.56 Å². The summed E-state index contributed by atoms with van der Waals surface area (Å²) < 4.78 is 0. The Balaban J connectivity index is 1.97. The molecule has 0 radical (unpaired) electrons. The monoisotopic (exact) mass is 273 g/mol. The zero-order valence-corrected chi connectivity index (χ0v) is 11.1. The number of hydrogen-bond donors (Lipinski definition) is 1. The summed E-state index contributed by atoms with van der Waals surface area (Å²) in [5, 5.41) is 8.75. The van der Waals surface area contributed by atoms with E-state index in [9.17, 15) is 4.79 Å². The Kier molecular flexibility index (Phi) is 3.32. The van der Waals surface area contributed by atoms with Crippen LogP contribution in [0.1, 0.15) is 16.8 Å². The van der Waals surface area contributed by atoms with Gasteiger partial charge in [0.05, 0.1) is 22.7 Å². The molecule has 1 heterocycles. The van der Waals surface area contributed by atoms with Crippen molar-refractivity contribution in [1.82, 2.24) is 9.97 Å². The van der Waals surface area contributed by atoms with Crippen LogP contribution >= 0.6 is 0 Å². The number of hydrogen-bond acceptors (Lipinski definition) is 3. The SMILES string of the molecule is N#Cc1ccc(/C=C/c2nc3ccccc3[nH]c2=O)cc1. The summed E-state index contributed by atoms with van der Waals surface area (Å²) in [7, 11) is 0. The van der Waals surface area contributed by atoms with Crippen LogP contribution in [-0.4, -0.2) is 9.97 Å². The number of benzene rings is 2. The van der Waals surface area contributed by atoms with Crippen LogP contribution in [0.5, 0.6) is 0 Å². The van der Waals surface area contributed by atoms with Gasteiger partial charge in [-0.05, 0) is 35.9 Å². The van der Waals surface area contributed by atoms with Crippen LogP contribution in [-0.2, 0) is 0 Å². The van der Waals surface area contributed by atoms with Crippen molar-refractivity contribution in [2.24, 2.45) is 0 Å². The quantitative estimate of drug-likeness (QED) is 0.780. The van der Waals surface area contributed by atoms with Crippen LogP contribution < -0.4 is 5.56 Å². The molecule has 0 amide bonds. The number of para-hydroxylation sites is 2. The summed E-state index contributed by atoms with van der Waals surface area (Å²) in [6.07, 6.45) is 3.47. The molecule has 0 unspecified atom stereocenters. The lowest BCUT2D eigenvalue weighted by molar-refractivity contribution is 1.19. The molecule has 0 saturated carbocycles. The largest absolute Gasteiger partial charge is 0.319 e. The molecule has 0 atom stereocenters. The van der Waals surface area contributed by atoms with Crippen LogP contribution in [0.25, 0.3) is 23.2 Å². The molecule has 4 heteroatoms. The molecule has 1 N–H and O–H groups in total. The maximum Gasteiger partial charge on any atom is 0.274 e. The van der Waals surface area contributed by atoms with E-state index in [1.165, 1.54) is 0 Å². The van der Waals surface area contributed by atoms with Crippen molar-refractivity contribution in [3.63, 3.8) is 0 Å². The smallest absolute Gasteiger partial charge is 0.274 e. The molecule has 3 rings (SSSR count). The first kappa shape index (κ1) is 12.8. The van der Waals surface area contributed by atoms with E-state index in [0.29, 0.717) is 11.3 Å². The van der Waals surface area contributed by atoms with Gasteiger partial charge in [-0.3, -0.25) is 4.79 Å². The second-order valence-electron chi connectivity index (χ2n) is 4.54. The maximum atomic E-state index is 11.9. The number of fused-ring (bicyclic) bond motifs is 1. The van der Waals surface area contributed by atoms with Gasteiger partial charge in [-0.15, -0.1) is 0 Å². The standard InChI is InChI=1S/C17H11N3O/c18-11-13-7-5-12(6-8-13)9-10-16-17(21)20-15-4-2-1-3-14(15)19-16/h1-10H,(H,20,21)/b10-9+. The number of aromatic amines is 1. The van der Waals surface area contributed by atoms with Gasteiger partial charge in [0.15, 0.2) is 0 Å². The summed E-state index contributed by atoms with van der Waals surface area (Å²) in [5.74, 6) is 0. The van der Waals surface area contributed by atoms with E-state index < -0.39 is 0 Å². The fourth-order valence-electron chi connectivity index (χ4n) is 2.00. The van der Waals surface area contributed by atoms with E-state index in [1.54, 1.807) is 24.3 Å². The van der Waals surface area contributed by atoms with Crippen molar-refractivity contribution >= 4 is 23.2 Å².